The lowest BCUT2D eigenvalue weighted by Crippen LogP contribution is -2.31. The number of rotatable bonds is 5. The minimum absolute atomic E-state index is 0.241. The molecule has 22 heavy (non-hydrogen) atoms. The van der Waals surface area contributed by atoms with Crippen molar-refractivity contribution in [2.24, 2.45) is 5.92 Å². The number of halogens is 2. The Morgan fingerprint density at radius 2 is 2.05 bits per heavy atom. The van der Waals surface area contributed by atoms with Crippen molar-refractivity contribution in [1.82, 2.24) is 15.1 Å². The molecule has 0 fully saturated rings. The van der Waals surface area contributed by atoms with Crippen molar-refractivity contribution in [1.29, 1.82) is 0 Å². The highest BCUT2D eigenvalue weighted by Crippen LogP contribution is 2.20. The first kappa shape index (κ1) is 16.9. The van der Waals surface area contributed by atoms with Crippen molar-refractivity contribution < 1.29 is 4.39 Å². The first-order valence-electron chi connectivity index (χ1n) is 6.96. The van der Waals surface area contributed by atoms with Gasteiger partial charge >= 0.3 is 0 Å². The molecule has 7 heteroatoms. The largest absolute Gasteiger partial charge is 0.362 e. The van der Waals surface area contributed by atoms with Gasteiger partial charge in [0.15, 0.2) is 10.9 Å². The van der Waals surface area contributed by atoms with Crippen LogP contribution >= 0.6 is 28.1 Å². The summed E-state index contributed by atoms with van der Waals surface area (Å²) < 4.78 is 15.5. The zero-order valence-corrected chi connectivity index (χ0v) is 14.8. The van der Waals surface area contributed by atoms with Crippen molar-refractivity contribution in [2.75, 3.05) is 11.9 Å². The molecule has 0 bridgehead atoms. The maximum Gasteiger partial charge on any atom is 0.172 e. The molecule has 2 N–H and O–H groups in total. The summed E-state index contributed by atoms with van der Waals surface area (Å²) in [4.78, 5) is 0. The fourth-order valence-electron chi connectivity index (χ4n) is 1.79. The minimum Gasteiger partial charge on any atom is -0.362 e. The topological polar surface area (TPSA) is 41.9 Å². The minimum atomic E-state index is -0.241. The van der Waals surface area contributed by atoms with Gasteiger partial charge in [-0.05, 0) is 51.8 Å². The molecule has 0 aliphatic heterocycles. The number of anilines is 1. The van der Waals surface area contributed by atoms with Crippen LogP contribution in [0.15, 0.2) is 34.9 Å². The zero-order valence-electron chi connectivity index (χ0n) is 12.4. The van der Waals surface area contributed by atoms with Crippen LogP contribution in [0.1, 0.15) is 19.4 Å². The van der Waals surface area contributed by atoms with Gasteiger partial charge in [0.05, 0.1) is 11.0 Å². The molecule has 2 rings (SSSR count). The molecular weight excluding hydrogens is 367 g/mol. The van der Waals surface area contributed by atoms with Crippen LogP contribution in [-0.4, -0.2) is 21.4 Å². The van der Waals surface area contributed by atoms with Gasteiger partial charge in [0.1, 0.15) is 5.82 Å². The lowest BCUT2D eigenvalue weighted by atomic mass is 10.2. The summed E-state index contributed by atoms with van der Waals surface area (Å²) in [5.74, 6) is 0.928. The van der Waals surface area contributed by atoms with Crippen molar-refractivity contribution in [3.8, 4) is 0 Å². The summed E-state index contributed by atoms with van der Waals surface area (Å²) >= 11 is 8.69. The van der Waals surface area contributed by atoms with Crippen molar-refractivity contribution in [3.63, 3.8) is 0 Å². The zero-order chi connectivity index (χ0) is 16.1. The molecule has 0 atom stereocenters. The molecule has 0 aliphatic rings. The van der Waals surface area contributed by atoms with Crippen molar-refractivity contribution in [3.05, 3.63) is 46.3 Å². The molecule has 0 aliphatic carbocycles. The Hall–Kier alpha value is -1.47. The van der Waals surface area contributed by atoms with Gasteiger partial charge in [-0.25, -0.2) is 4.39 Å². The quantitative estimate of drug-likeness (QED) is 0.769. The number of thiocarbonyl (C=S) groups is 1. The normalized spacial score (nSPS) is 10.8. The maximum atomic E-state index is 12.9. The molecule has 0 spiro atoms. The molecule has 0 amide bonds. The van der Waals surface area contributed by atoms with Gasteiger partial charge in [-0.3, -0.25) is 4.68 Å². The third-order valence-electron chi connectivity index (χ3n) is 2.88. The van der Waals surface area contributed by atoms with Gasteiger partial charge in [0.25, 0.3) is 0 Å². The van der Waals surface area contributed by atoms with E-state index >= 15 is 0 Å². The Morgan fingerprint density at radius 1 is 1.36 bits per heavy atom. The van der Waals surface area contributed by atoms with Crippen LogP contribution in [0.2, 0.25) is 0 Å². The lowest BCUT2D eigenvalue weighted by Gasteiger charge is -2.10. The van der Waals surface area contributed by atoms with Crippen LogP contribution in [0, 0.1) is 11.7 Å². The van der Waals surface area contributed by atoms with E-state index < -0.39 is 0 Å². The molecule has 0 saturated heterocycles. The van der Waals surface area contributed by atoms with Crippen LogP contribution in [0.25, 0.3) is 0 Å². The molecule has 118 valence electrons. The van der Waals surface area contributed by atoms with E-state index in [9.17, 15) is 4.39 Å². The Bertz CT molecular complexity index is 639. The number of hydrogen-bond acceptors (Lipinski definition) is 2. The standard InChI is InChI=1S/C15H18BrFN4S/c1-10(2)7-18-15(22)19-14-13(16)9-21(20-14)8-11-3-5-12(17)6-4-11/h3-6,9-10H,7-8H2,1-2H3,(H2,18,19,20,22). The first-order chi connectivity index (χ1) is 10.4. The van der Waals surface area contributed by atoms with Crippen LogP contribution in [-0.2, 0) is 6.54 Å². The van der Waals surface area contributed by atoms with Crippen molar-refractivity contribution >= 4 is 39.1 Å². The van der Waals surface area contributed by atoms with E-state index in [0.717, 1.165) is 16.6 Å². The second-order valence-corrected chi connectivity index (χ2v) is 6.64. The van der Waals surface area contributed by atoms with E-state index in [1.807, 2.05) is 6.20 Å². The summed E-state index contributed by atoms with van der Waals surface area (Å²) in [5.41, 5.74) is 0.975. The Labute approximate surface area is 143 Å². The van der Waals surface area contributed by atoms with Crippen LogP contribution in [0.3, 0.4) is 0 Å². The van der Waals surface area contributed by atoms with Gasteiger partial charge < -0.3 is 10.6 Å². The Balaban J connectivity index is 1.98. The van der Waals surface area contributed by atoms with Gasteiger partial charge in [-0.1, -0.05) is 26.0 Å². The van der Waals surface area contributed by atoms with E-state index in [1.165, 1.54) is 12.1 Å². The van der Waals surface area contributed by atoms with Gasteiger partial charge in [0, 0.05) is 12.7 Å². The predicted molar refractivity (Wildman–Crippen MR) is 94.5 cm³/mol. The van der Waals surface area contributed by atoms with E-state index in [2.05, 4.69) is 45.5 Å². The summed E-state index contributed by atoms with van der Waals surface area (Å²) in [5, 5.41) is 11.2. The summed E-state index contributed by atoms with van der Waals surface area (Å²) in [6, 6.07) is 6.37. The lowest BCUT2D eigenvalue weighted by molar-refractivity contribution is 0.624. The molecule has 1 aromatic heterocycles. The number of hydrogen-bond donors (Lipinski definition) is 2. The van der Waals surface area contributed by atoms with E-state index in [-0.39, 0.29) is 5.82 Å². The van der Waals surface area contributed by atoms with E-state index in [0.29, 0.717) is 23.4 Å². The SMILES string of the molecule is CC(C)CNC(=S)Nc1nn(Cc2ccc(F)cc2)cc1Br. The molecule has 0 saturated carbocycles. The molecule has 4 nitrogen and oxygen atoms in total. The smallest absolute Gasteiger partial charge is 0.172 e. The highest BCUT2D eigenvalue weighted by molar-refractivity contribution is 9.10. The summed E-state index contributed by atoms with van der Waals surface area (Å²) in [6.45, 7) is 5.60. The fraction of sp³-hybridized carbons (Fsp3) is 0.333. The number of benzene rings is 1. The third kappa shape index (κ3) is 5.06. The third-order valence-corrected chi connectivity index (χ3v) is 3.70. The Kier molecular flexibility index (Phi) is 5.90. The van der Waals surface area contributed by atoms with Crippen LogP contribution in [0.4, 0.5) is 10.2 Å². The molecule has 1 aromatic carbocycles. The highest BCUT2D eigenvalue weighted by atomic mass is 79.9. The average Bonchev–Trinajstić information content (AvgIpc) is 2.79. The molecule has 1 heterocycles. The second kappa shape index (κ2) is 7.69. The molecule has 2 aromatic rings. The molecule has 0 unspecified atom stereocenters. The average molecular weight is 385 g/mol. The van der Waals surface area contributed by atoms with Gasteiger partial charge in [-0.2, -0.15) is 5.10 Å². The number of nitrogens with one attached hydrogen (secondary N) is 2. The number of aromatic nitrogens is 2. The maximum absolute atomic E-state index is 12.9. The van der Waals surface area contributed by atoms with Gasteiger partial charge in [0.2, 0.25) is 0 Å². The Morgan fingerprint density at radius 3 is 2.68 bits per heavy atom. The van der Waals surface area contributed by atoms with E-state index in [1.54, 1.807) is 16.8 Å². The first-order valence-corrected chi connectivity index (χ1v) is 8.16. The highest BCUT2D eigenvalue weighted by Gasteiger charge is 2.09. The van der Waals surface area contributed by atoms with Gasteiger partial charge in [-0.15, -0.1) is 0 Å². The van der Waals surface area contributed by atoms with E-state index in [4.69, 9.17) is 12.2 Å². The molecular formula is C15H18BrFN4S. The van der Waals surface area contributed by atoms with Crippen LogP contribution < -0.4 is 10.6 Å². The van der Waals surface area contributed by atoms with Crippen molar-refractivity contribution in [2.45, 2.75) is 20.4 Å². The predicted octanol–water partition coefficient (Wildman–Crippen LogP) is 3.78. The summed E-state index contributed by atoms with van der Waals surface area (Å²) in [6.07, 6.45) is 1.86. The second-order valence-electron chi connectivity index (χ2n) is 5.38. The molecule has 0 radical (unpaired) electrons. The number of nitrogens with zero attached hydrogens (tertiary/aromatic N) is 2. The fourth-order valence-corrected chi connectivity index (χ4v) is 2.38. The monoisotopic (exact) mass is 384 g/mol. The summed E-state index contributed by atoms with van der Waals surface area (Å²) in [7, 11) is 0. The van der Waals surface area contributed by atoms with Crippen LogP contribution in [0.5, 0.6) is 0 Å².